The Balaban J connectivity index is 1.60. The molecular weight excluding hydrogens is 314 g/mol. The summed E-state index contributed by atoms with van der Waals surface area (Å²) in [6, 6.07) is 6.23. The van der Waals surface area contributed by atoms with Crippen molar-refractivity contribution in [3.8, 4) is 0 Å². The number of benzene rings is 1. The van der Waals surface area contributed by atoms with Gasteiger partial charge in [-0.2, -0.15) is 0 Å². The van der Waals surface area contributed by atoms with Crippen LogP contribution in [-0.4, -0.2) is 37.9 Å². The Morgan fingerprint density at radius 3 is 2.64 bits per heavy atom. The van der Waals surface area contributed by atoms with E-state index in [-0.39, 0.29) is 18.0 Å². The second-order valence-corrected chi connectivity index (χ2v) is 7.49. The average Bonchev–Trinajstić information content (AvgIpc) is 3.12. The zero-order chi connectivity index (χ0) is 18.0. The Bertz CT molecular complexity index is 745. The number of amides is 1. The molecule has 0 spiro atoms. The lowest BCUT2D eigenvalue weighted by molar-refractivity contribution is -0.135. The van der Waals surface area contributed by atoms with Crippen molar-refractivity contribution in [1.82, 2.24) is 19.9 Å². The summed E-state index contributed by atoms with van der Waals surface area (Å²) in [5.41, 5.74) is 4.32. The van der Waals surface area contributed by atoms with Gasteiger partial charge in [0.25, 0.3) is 0 Å². The van der Waals surface area contributed by atoms with Crippen LogP contribution in [0.3, 0.4) is 0 Å². The van der Waals surface area contributed by atoms with Gasteiger partial charge in [-0.05, 0) is 51.7 Å². The molecule has 0 unspecified atom stereocenters. The van der Waals surface area contributed by atoms with Gasteiger partial charge in [-0.3, -0.25) is 4.79 Å². The summed E-state index contributed by atoms with van der Waals surface area (Å²) < 4.78 is 1.64. The minimum atomic E-state index is -0.0512. The largest absolute Gasteiger partial charge is 0.379 e. The van der Waals surface area contributed by atoms with Crippen LogP contribution in [0.25, 0.3) is 0 Å². The highest BCUT2D eigenvalue weighted by molar-refractivity contribution is 5.77. The third-order valence-electron chi connectivity index (χ3n) is 5.01. The standard InChI is InChI=1S/C19H27N5O/c1-14-7-5-8-15(2)18(14)20-11-16-12-23(22-21-16)13-17(25)24-10-6-9-19(24,3)4/h5,7-8,12,20H,6,9-11,13H2,1-4H3. The van der Waals surface area contributed by atoms with Crippen LogP contribution >= 0.6 is 0 Å². The van der Waals surface area contributed by atoms with Crippen LogP contribution in [0.15, 0.2) is 24.4 Å². The van der Waals surface area contributed by atoms with Crippen molar-refractivity contribution in [3.05, 3.63) is 41.2 Å². The van der Waals surface area contributed by atoms with Crippen molar-refractivity contribution < 1.29 is 4.79 Å². The summed E-state index contributed by atoms with van der Waals surface area (Å²) in [5, 5.41) is 11.7. The van der Waals surface area contributed by atoms with E-state index in [1.165, 1.54) is 11.1 Å². The van der Waals surface area contributed by atoms with Gasteiger partial charge in [0.1, 0.15) is 12.2 Å². The van der Waals surface area contributed by atoms with Crippen LogP contribution < -0.4 is 5.32 Å². The summed E-state index contributed by atoms with van der Waals surface area (Å²) in [7, 11) is 0. The molecule has 0 atom stereocenters. The maximum atomic E-state index is 12.5. The normalized spacial score (nSPS) is 16.2. The molecule has 0 bridgehead atoms. The van der Waals surface area contributed by atoms with E-state index in [9.17, 15) is 4.79 Å². The summed E-state index contributed by atoms with van der Waals surface area (Å²) in [6.07, 6.45) is 3.98. The van der Waals surface area contributed by atoms with Crippen LogP contribution in [0.5, 0.6) is 0 Å². The van der Waals surface area contributed by atoms with Crippen molar-refractivity contribution in [3.63, 3.8) is 0 Å². The molecular formula is C19H27N5O. The first kappa shape index (κ1) is 17.5. The first-order valence-electron chi connectivity index (χ1n) is 8.86. The molecule has 1 aromatic carbocycles. The number of carbonyl (C=O) groups is 1. The number of hydrogen-bond acceptors (Lipinski definition) is 4. The van der Waals surface area contributed by atoms with Crippen molar-refractivity contribution in [1.29, 1.82) is 0 Å². The van der Waals surface area contributed by atoms with Gasteiger partial charge in [-0.25, -0.2) is 4.68 Å². The monoisotopic (exact) mass is 341 g/mol. The van der Waals surface area contributed by atoms with Gasteiger partial charge >= 0.3 is 0 Å². The molecule has 6 nitrogen and oxygen atoms in total. The Morgan fingerprint density at radius 1 is 1.28 bits per heavy atom. The summed E-state index contributed by atoms with van der Waals surface area (Å²) in [4.78, 5) is 14.5. The van der Waals surface area contributed by atoms with Gasteiger partial charge in [0.05, 0.1) is 12.7 Å². The minimum absolute atomic E-state index is 0.0512. The molecule has 0 radical (unpaired) electrons. The number of nitrogens with zero attached hydrogens (tertiary/aromatic N) is 4. The molecule has 0 aliphatic carbocycles. The molecule has 0 saturated carbocycles. The Kier molecular flexibility index (Phi) is 4.79. The molecule has 1 aliphatic heterocycles. The Hall–Kier alpha value is -2.37. The highest BCUT2D eigenvalue weighted by atomic mass is 16.2. The molecule has 3 rings (SSSR count). The number of rotatable bonds is 5. The van der Waals surface area contributed by atoms with Crippen LogP contribution in [0.4, 0.5) is 5.69 Å². The lowest BCUT2D eigenvalue weighted by Crippen LogP contribution is -2.44. The van der Waals surface area contributed by atoms with E-state index in [0.29, 0.717) is 6.54 Å². The summed E-state index contributed by atoms with van der Waals surface area (Å²) >= 11 is 0. The Labute approximate surface area is 149 Å². The fraction of sp³-hybridized carbons (Fsp3) is 0.526. The average molecular weight is 341 g/mol. The van der Waals surface area contributed by atoms with E-state index in [4.69, 9.17) is 0 Å². The van der Waals surface area contributed by atoms with Gasteiger partial charge in [-0.15, -0.1) is 5.10 Å². The molecule has 2 heterocycles. The van der Waals surface area contributed by atoms with E-state index >= 15 is 0 Å². The zero-order valence-corrected chi connectivity index (χ0v) is 15.5. The smallest absolute Gasteiger partial charge is 0.244 e. The van der Waals surface area contributed by atoms with E-state index in [1.807, 2.05) is 11.1 Å². The highest BCUT2D eigenvalue weighted by Crippen LogP contribution is 2.28. The van der Waals surface area contributed by atoms with Crippen LogP contribution in [0, 0.1) is 13.8 Å². The van der Waals surface area contributed by atoms with Gasteiger partial charge < -0.3 is 10.2 Å². The molecule has 134 valence electrons. The number of para-hydroxylation sites is 1. The van der Waals surface area contributed by atoms with Gasteiger partial charge in [0.2, 0.25) is 5.91 Å². The lowest BCUT2D eigenvalue weighted by atomic mass is 10.0. The zero-order valence-electron chi connectivity index (χ0n) is 15.5. The fourth-order valence-corrected chi connectivity index (χ4v) is 3.56. The van der Waals surface area contributed by atoms with Crippen molar-refractivity contribution in [2.75, 3.05) is 11.9 Å². The predicted molar refractivity (Wildman–Crippen MR) is 98.3 cm³/mol. The molecule has 6 heteroatoms. The summed E-state index contributed by atoms with van der Waals surface area (Å²) in [6.45, 7) is 10.1. The van der Waals surface area contributed by atoms with E-state index in [2.05, 4.69) is 61.5 Å². The number of aryl methyl sites for hydroxylation is 2. The number of likely N-dealkylation sites (tertiary alicyclic amines) is 1. The maximum absolute atomic E-state index is 12.5. The number of carbonyl (C=O) groups excluding carboxylic acids is 1. The summed E-state index contributed by atoms with van der Waals surface area (Å²) in [5.74, 6) is 0.113. The predicted octanol–water partition coefficient (Wildman–Crippen LogP) is 2.91. The lowest BCUT2D eigenvalue weighted by Gasteiger charge is -2.31. The van der Waals surface area contributed by atoms with Gasteiger partial charge in [0.15, 0.2) is 0 Å². The van der Waals surface area contributed by atoms with Crippen molar-refractivity contribution >= 4 is 11.6 Å². The molecule has 25 heavy (non-hydrogen) atoms. The minimum Gasteiger partial charge on any atom is -0.379 e. The topological polar surface area (TPSA) is 63.1 Å². The van der Waals surface area contributed by atoms with Crippen molar-refractivity contribution in [2.24, 2.45) is 0 Å². The molecule has 1 aliphatic rings. The number of hydrogen-bond donors (Lipinski definition) is 1. The van der Waals surface area contributed by atoms with E-state index in [0.717, 1.165) is 30.8 Å². The third kappa shape index (κ3) is 3.83. The van der Waals surface area contributed by atoms with Crippen LogP contribution in [0.1, 0.15) is 43.5 Å². The quantitative estimate of drug-likeness (QED) is 0.908. The molecule has 2 aromatic rings. The first-order valence-corrected chi connectivity index (χ1v) is 8.86. The SMILES string of the molecule is Cc1cccc(C)c1NCc1cn(CC(=O)N2CCCC2(C)C)nn1. The molecule has 1 N–H and O–H groups in total. The Morgan fingerprint density at radius 2 is 2.00 bits per heavy atom. The van der Waals surface area contributed by atoms with Crippen LogP contribution in [-0.2, 0) is 17.9 Å². The highest BCUT2D eigenvalue weighted by Gasteiger charge is 2.35. The molecule has 1 saturated heterocycles. The van der Waals surface area contributed by atoms with E-state index < -0.39 is 0 Å². The van der Waals surface area contributed by atoms with Gasteiger partial charge in [0, 0.05) is 17.8 Å². The molecule has 1 amide bonds. The van der Waals surface area contributed by atoms with Crippen molar-refractivity contribution in [2.45, 2.75) is 59.2 Å². The van der Waals surface area contributed by atoms with Gasteiger partial charge in [-0.1, -0.05) is 23.4 Å². The fourth-order valence-electron chi connectivity index (χ4n) is 3.56. The number of nitrogens with one attached hydrogen (secondary N) is 1. The second kappa shape index (κ2) is 6.86. The second-order valence-electron chi connectivity index (χ2n) is 7.49. The molecule has 1 fully saturated rings. The molecule has 1 aromatic heterocycles. The number of anilines is 1. The van der Waals surface area contributed by atoms with E-state index in [1.54, 1.807) is 4.68 Å². The van der Waals surface area contributed by atoms with Crippen LogP contribution in [0.2, 0.25) is 0 Å². The maximum Gasteiger partial charge on any atom is 0.244 e. The number of aromatic nitrogens is 3. The first-order chi connectivity index (χ1) is 11.9. The third-order valence-corrected chi connectivity index (χ3v) is 5.01.